The van der Waals surface area contributed by atoms with E-state index in [1.165, 1.54) is 24.3 Å². The fourth-order valence-electron chi connectivity index (χ4n) is 2.46. The Morgan fingerprint density at radius 3 is 2.59 bits per heavy atom. The molecule has 2 aromatic carbocycles. The lowest BCUT2D eigenvalue weighted by Gasteiger charge is -2.26. The second kappa shape index (κ2) is 5.24. The average molecular weight is 317 g/mol. The Labute approximate surface area is 130 Å². The van der Waals surface area contributed by atoms with Gasteiger partial charge in [-0.2, -0.15) is 5.26 Å². The monoisotopic (exact) mass is 316 g/mol. The van der Waals surface area contributed by atoms with Crippen LogP contribution in [0.15, 0.2) is 47.9 Å². The van der Waals surface area contributed by atoms with Crippen molar-refractivity contribution in [2.75, 3.05) is 0 Å². The van der Waals surface area contributed by atoms with Crippen molar-refractivity contribution < 1.29 is 14.2 Å². The lowest BCUT2D eigenvalue weighted by atomic mass is 9.83. The molecule has 1 heterocycles. The second-order valence-electron chi connectivity index (χ2n) is 4.82. The van der Waals surface area contributed by atoms with Gasteiger partial charge in [0.1, 0.15) is 29.0 Å². The molecule has 0 aromatic heterocycles. The second-order valence-corrected chi connectivity index (χ2v) is 5.23. The maximum atomic E-state index is 13.1. The first-order valence-corrected chi connectivity index (χ1v) is 6.74. The van der Waals surface area contributed by atoms with Gasteiger partial charge in [-0.3, -0.25) is 0 Å². The van der Waals surface area contributed by atoms with Crippen molar-refractivity contribution >= 4 is 11.6 Å². The molecule has 0 spiro atoms. The average Bonchev–Trinajstić information content (AvgIpc) is 2.49. The number of fused-ring (bicyclic) bond motifs is 1. The molecule has 0 fully saturated rings. The first-order chi connectivity index (χ1) is 10.5. The lowest BCUT2D eigenvalue weighted by Crippen LogP contribution is -2.21. The van der Waals surface area contributed by atoms with Crippen molar-refractivity contribution in [1.29, 1.82) is 5.26 Å². The van der Waals surface area contributed by atoms with E-state index in [1.807, 2.05) is 6.07 Å². The van der Waals surface area contributed by atoms with Crippen LogP contribution in [-0.2, 0) is 0 Å². The van der Waals surface area contributed by atoms with Crippen LogP contribution in [0.2, 0.25) is 5.02 Å². The highest BCUT2D eigenvalue weighted by Crippen LogP contribution is 2.45. The Bertz CT molecular complexity index is 825. The van der Waals surface area contributed by atoms with E-state index in [2.05, 4.69) is 0 Å². The van der Waals surface area contributed by atoms with Gasteiger partial charge in [-0.05, 0) is 23.8 Å². The highest BCUT2D eigenvalue weighted by Gasteiger charge is 2.31. The fourth-order valence-corrected chi connectivity index (χ4v) is 2.64. The van der Waals surface area contributed by atoms with Gasteiger partial charge in [-0.25, -0.2) is 4.39 Å². The van der Waals surface area contributed by atoms with Crippen molar-refractivity contribution in [3.05, 3.63) is 69.8 Å². The number of phenolic OH excluding ortho intramolecular Hbond substituents is 1. The number of benzene rings is 2. The number of halogens is 2. The normalized spacial score (nSPS) is 16.7. The van der Waals surface area contributed by atoms with Crippen LogP contribution < -0.4 is 10.5 Å². The number of nitriles is 1. The predicted molar refractivity (Wildman–Crippen MR) is 78.8 cm³/mol. The Morgan fingerprint density at radius 2 is 1.95 bits per heavy atom. The molecule has 4 nitrogen and oxygen atoms in total. The zero-order valence-electron chi connectivity index (χ0n) is 11.2. The number of rotatable bonds is 1. The van der Waals surface area contributed by atoms with Gasteiger partial charge in [-0.15, -0.1) is 0 Å². The third-order valence-electron chi connectivity index (χ3n) is 3.49. The number of phenols is 1. The number of allylic oxidation sites excluding steroid dienone is 1. The van der Waals surface area contributed by atoms with E-state index in [0.29, 0.717) is 16.9 Å². The van der Waals surface area contributed by atoms with E-state index < -0.39 is 5.92 Å². The Morgan fingerprint density at radius 1 is 1.27 bits per heavy atom. The summed E-state index contributed by atoms with van der Waals surface area (Å²) in [4.78, 5) is 0. The smallest absolute Gasteiger partial charge is 0.205 e. The summed E-state index contributed by atoms with van der Waals surface area (Å²) < 4.78 is 18.5. The van der Waals surface area contributed by atoms with Crippen LogP contribution in [0.3, 0.4) is 0 Å². The lowest BCUT2D eigenvalue weighted by molar-refractivity contribution is 0.388. The molecular weight excluding hydrogens is 307 g/mol. The number of hydrogen-bond acceptors (Lipinski definition) is 4. The van der Waals surface area contributed by atoms with Crippen molar-refractivity contribution in [2.24, 2.45) is 5.73 Å². The summed E-state index contributed by atoms with van der Waals surface area (Å²) in [6, 6.07) is 10.6. The van der Waals surface area contributed by atoms with E-state index in [1.54, 1.807) is 12.1 Å². The first-order valence-electron chi connectivity index (χ1n) is 6.36. The molecule has 1 atom stereocenters. The summed E-state index contributed by atoms with van der Waals surface area (Å²) in [7, 11) is 0. The number of aromatic hydroxyl groups is 1. The molecule has 1 aliphatic heterocycles. The molecule has 1 aliphatic rings. The van der Waals surface area contributed by atoms with Crippen LogP contribution in [0.25, 0.3) is 0 Å². The zero-order chi connectivity index (χ0) is 15.9. The van der Waals surface area contributed by atoms with E-state index in [4.69, 9.17) is 22.1 Å². The molecule has 0 bridgehead atoms. The zero-order valence-corrected chi connectivity index (χ0v) is 11.9. The van der Waals surface area contributed by atoms with Gasteiger partial charge in [0.2, 0.25) is 5.88 Å². The Hall–Kier alpha value is -2.71. The summed E-state index contributed by atoms with van der Waals surface area (Å²) >= 11 is 5.96. The third kappa shape index (κ3) is 2.24. The summed E-state index contributed by atoms with van der Waals surface area (Å²) in [5.41, 5.74) is 7.26. The van der Waals surface area contributed by atoms with Crippen molar-refractivity contribution in [3.63, 3.8) is 0 Å². The van der Waals surface area contributed by atoms with Gasteiger partial charge in [0, 0.05) is 11.6 Å². The molecule has 0 unspecified atom stereocenters. The minimum Gasteiger partial charge on any atom is -0.506 e. The molecule has 3 rings (SSSR count). The van der Waals surface area contributed by atoms with Crippen molar-refractivity contribution in [3.8, 4) is 17.6 Å². The standard InChI is InChI=1S/C16H10ClFN2O2/c17-12-5-10-14(6-13(12)21)22-16(20)11(7-19)15(10)8-1-3-9(18)4-2-8/h1-6,15,21H,20H2/t15-/m0/s1. The van der Waals surface area contributed by atoms with Gasteiger partial charge in [-0.1, -0.05) is 23.7 Å². The number of ether oxygens (including phenoxy) is 1. The molecular formula is C16H10ClFN2O2. The minimum absolute atomic E-state index is 0.0500. The predicted octanol–water partition coefficient (Wildman–Crippen LogP) is 3.40. The fraction of sp³-hybridized carbons (Fsp3) is 0.0625. The van der Waals surface area contributed by atoms with Gasteiger partial charge >= 0.3 is 0 Å². The van der Waals surface area contributed by atoms with Crippen LogP contribution in [-0.4, -0.2) is 5.11 Å². The largest absolute Gasteiger partial charge is 0.506 e. The molecule has 2 aromatic rings. The van der Waals surface area contributed by atoms with E-state index in [0.717, 1.165) is 0 Å². The van der Waals surface area contributed by atoms with E-state index in [-0.39, 0.29) is 28.0 Å². The van der Waals surface area contributed by atoms with Gasteiger partial charge in [0.25, 0.3) is 0 Å². The summed E-state index contributed by atoms with van der Waals surface area (Å²) in [5.74, 6) is -0.798. The molecule has 0 saturated heterocycles. The maximum Gasteiger partial charge on any atom is 0.205 e. The Kier molecular flexibility index (Phi) is 3.39. The summed E-state index contributed by atoms with van der Waals surface area (Å²) in [6.07, 6.45) is 0. The number of nitrogens with zero attached hydrogens (tertiary/aromatic N) is 1. The number of nitrogens with two attached hydrogens (primary N) is 1. The van der Waals surface area contributed by atoms with Crippen molar-refractivity contribution in [1.82, 2.24) is 0 Å². The molecule has 3 N–H and O–H groups in total. The summed E-state index contributed by atoms with van der Waals surface area (Å²) in [6.45, 7) is 0. The SMILES string of the molecule is N#CC1=C(N)Oc2cc(O)c(Cl)cc2[C@@H]1c1ccc(F)cc1. The summed E-state index contributed by atoms with van der Waals surface area (Å²) in [5, 5.41) is 19.2. The van der Waals surface area contributed by atoms with Gasteiger partial charge in [0.05, 0.1) is 10.9 Å². The van der Waals surface area contributed by atoms with E-state index in [9.17, 15) is 14.8 Å². The van der Waals surface area contributed by atoms with Crippen molar-refractivity contribution in [2.45, 2.75) is 5.92 Å². The highest BCUT2D eigenvalue weighted by atomic mass is 35.5. The molecule has 0 aliphatic carbocycles. The molecule has 6 heteroatoms. The van der Waals surface area contributed by atoms with Gasteiger partial charge < -0.3 is 15.6 Å². The molecule has 22 heavy (non-hydrogen) atoms. The molecule has 0 amide bonds. The van der Waals surface area contributed by atoms with E-state index >= 15 is 0 Å². The van der Waals surface area contributed by atoms with Crippen LogP contribution in [0, 0.1) is 17.1 Å². The topological polar surface area (TPSA) is 79.3 Å². The first kappa shape index (κ1) is 14.2. The quantitative estimate of drug-likeness (QED) is 0.845. The number of hydrogen-bond donors (Lipinski definition) is 2. The van der Waals surface area contributed by atoms with Crippen LogP contribution in [0.4, 0.5) is 4.39 Å². The molecule has 0 radical (unpaired) electrons. The van der Waals surface area contributed by atoms with Crippen LogP contribution >= 0.6 is 11.6 Å². The van der Waals surface area contributed by atoms with Crippen LogP contribution in [0.5, 0.6) is 11.5 Å². The minimum atomic E-state index is -0.535. The Balaban J connectivity index is 2.24. The molecule has 0 saturated carbocycles. The maximum absolute atomic E-state index is 13.1. The highest BCUT2D eigenvalue weighted by molar-refractivity contribution is 6.32. The van der Waals surface area contributed by atoms with Gasteiger partial charge in [0.15, 0.2) is 0 Å². The molecule has 110 valence electrons. The third-order valence-corrected chi connectivity index (χ3v) is 3.79. The van der Waals surface area contributed by atoms with Crippen LogP contribution in [0.1, 0.15) is 17.0 Å².